The van der Waals surface area contributed by atoms with Gasteiger partial charge in [-0.2, -0.15) is 5.10 Å². The fourth-order valence-corrected chi connectivity index (χ4v) is 4.23. The van der Waals surface area contributed by atoms with Gasteiger partial charge in [0.1, 0.15) is 10.6 Å². The Morgan fingerprint density at radius 2 is 1.89 bits per heavy atom. The summed E-state index contributed by atoms with van der Waals surface area (Å²) in [5.74, 6) is 0.238. The highest BCUT2D eigenvalue weighted by Crippen LogP contribution is 2.29. The lowest BCUT2D eigenvalue weighted by Gasteiger charge is -2.13. The number of aromatic nitrogens is 2. The van der Waals surface area contributed by atoms with Crippen LogP contribution in [0.4, 0.5) is 5.69 Å². The van der Waals surface area contributed by atoms with Crippen LogP contribution in [0.3, 0.4) is 0 Å². The summed E-state index contributed by atoms with van der Waals surface area (Å²) in [5, 5.41) is 4.18. The summed E-state index contributed by atoms with van der Waals surface area (Å²) in [6.45, 7) is 0. The molecule has 0 saturated heterocycles. The molecular weight excluding hydrogens is 434 g/mol. The van der Waals surface area contributed by atoms with E-state index in [1.54, 1.807) is 49.5 Å². The molecule has 1 aromatic heterocycles. The van der Waals surface area contributed by atoms with Crippen LogP contribution in [0.2, 0.25) is 0 Å². The summed E-state index contributed by atoms with van der Waals surface area (Å²) in [6.07, 6.45) is 0. The monoisotopic (exact) mass is 449 g/mol. The largest absolute Gasteiger partial charge is 0.495 e. The highest BCUT2D eigenvalue weighted by atomic mass is 79.9. The standard InChI is InChI=1S/C18H16BrN3O4S/c1-22-18(23)9-7-15(20-22)12-4-3-5-14(10-12)21-27(24,25)17-11-13(19)6-8-16(17)26-2/h3-11,21H,1-2H3. The van der Waals surface area contributed by atoms with E-state index in [1.807, 2.05) is 0 Å². The van der Waals surface area contributed by atoms with E-state index in [-0.39, 0.29) is 16.2 Å². The number of methoxy groups -OCH3 is 1. The molecule has 140 valence electrons. The lowest BCUT2D eigenvalue weighted by molar-refractivity contribution is 0.403. The van der Waals surface area contributed by atoms with Crippen LogP contribution in [0.1, 0.15) is 0 Å². The van der Waals surface area contributed by atoms with Crippen LogP contribution in [0.25, 0.3) is 11.3 Å². The van der Waals surface area contributed by atoms with Gasteiger partial charge in [-0.3, -0.25) is 9.52 Å². The molecule has 0 atom stereocenters. The maximum absolute atomic E-state index is 12.8. The Bertz CT molecular complexity index is 1160. The van der Waals surface area contributed by atoms with Gasteiger partial charge in [0.2, 0.25) is 0 Å². The van der Waals surface area contributed by atoms with Crippen molar-refractivity contribution < 1.29 is 13.2 Å². The van der Waals surface area contributed by atoms with Gasteiger partial charge in [0.25, 0.3) is 15.6 Å². The molecule has 0 aliphatic heterocycles. The summed E-state index contributed by atoms with van der Waals surface area (Å²) in [7, 11) is -0.909. The van der Waals surface area contributed by atoms with E-state index in [1.165, 1.54) is 23.9 Å². The van der Waals surface area contributed by atoms with E-state index >= 15 is 0 Å². The third kappa shape index (κ3) is 4.20. The van der Waals surface area contributed by atoms with Gasteiger partial charge in [-0.25, -0.2) is 13.1 Å². The van der Waals surface area contributed by atoms with Crippen molar-refractivity contribution in [1.82, 2.24) is 9.78 Å². The summed E-state index contributed by atoms with van der Waals surface area (Å²) in [4.78, 5) is 11.5. The molecule has 3 rings (SSSR count). The molecule has 0 bridgehead atoms. The average Bonchev–Trinajstić information content (AvgIpc) is 2.64. The molecule has 0 saturated carbocycles. The Morgan fingerprint density at radius 1 is 1.11 bits per heavy atom. The normalized spacial score (nSPS) is 11.2. The first-order valence-corrected chi connectivity index (χ1v) is 10.1. The van der Waals surface area contributed by atoms with E-state index in [9.17, 15) is 13.2 Å². The molecule has 0 aliphatic rings. The second kappa shape index (κ2) is 7.53. The first-order valence-electron chi connectivity index (χ1n) is 7.81. The number of sulfonamides is 1. The van der Waals surface area contributed by atoms with Gasteiger partial charge < -0.3 is 4.74 Å². The minimum absolute atomic E-state index is 0.0185. The van der Waals surface area contributed by atoms with Gasteiger partial charge in [-0.15, -0.1) is 0 Å². The molecule has 1 N–H and O–H groups in total. The number of aryl methyl sites for hydroxylation is 1. The molecule has 7 nitrogen and oxygen atoms in total. The maximum atomic E-state index is 12.8. The van der Waals surface area contributed by atoms with Gasteiger partial charge in [-0.1, -0.05) is 28.1 Å². The topological polar surface area (TPSA) is 90.3 Å². The van der Waals surface area contributed by atoms with Gasteiger partial charge in [0.15, 0.2) is 0 Å². The summed E-state index contributed by atoms with van der Waals surface area (Å²) in [5.41, 5.74) is 1.37. The number of hydrogen-bond donors (Lipinski definition) is 1. The number of halogens is 1. The van der Waals surface area contributed by atoms with Crippen LogP contribution >= 0.6 is 15.9 Å². The van der Waals surface area contributed by atoms with Crippen molar-refractivity contribution in [3.8, 4) is 17.0 Å². The lowest BCUT2D eigenvalue weighted by Crippen LogP contribution is -2.18. The van der Waals surface area contributed by atoms with Gasteiger partial charge in [-0.05, 0) is 36.4 Å². The van der Waals surface area contributed by atoms with E-state index in [0.29, 0.717) is 21.4 Å². The van der Waals surface area contributed by atoms with E-state index < -0.39 is 10.0 Å². The Balaban J connectivity index is 1.97. The van der Waals surface area contributed by atoms with Crippen LogP contribution in [0.5, 0.6) is 5.75 Å². The Kier molecular flexibility index (Phi) is 5.33. The summed E-state index contributed by atoms with van der Waals surface area (Å²) in [6, 6.07) is 14.5. The number of nitrogens with zero attached hydrogens (tertiary/aromatic N) is 2. The number of anilines is 1. The van der Waals surface area contributed by atoms with Crippen molar-refractivity contribution >= 4 is 31.6 Å². The zero-order valence-corrected chi connectivity index (χ0v) is 16.9. The van der Waals surface area contributed by atoms with Crippen molar-refractivity contribution in [2.75, 3.05) is 11.8 Å². The fourth-order valence-electron chi connectivity index (χ4n) is 2.47. The van der Waals surface area contributed by atoms with E-state index in [4.69, 9.17) is 4.74 Å². The number of rotatable bonds is 5. The molecule has 0 amide bonds. The van der Waals surface area contributed by atoms with Crippen molar-refractivity contribution in [3.63, 3.8) is 0 Å². The third-order valence-electron chi connectivity index (χ3n) is 3.79. The molecule has 27 heavy (non-hydrogen) atoms. The SMILES string of the molecule is COc1ccc(Br)cc1S(=O)(=O)Nc1cccc(-c2ccc(=O)n(C)n2)c1. The number of benzene rings is 2. The van der Waals surface area contributed by atoms with Crippen LogP contribution in [0, 0.1) is 0 Å². The van der Waals surface area contributed by atoms with Crippen molar-refractivity contribution in [1.29, 1.82) is 0 Å². The van der Waals surface area contributed by atoms with Crippen LogP contribution in [-0.2, 0) is 17.1 Å². The number of nitrogens with one attached hydrogen (secondary N) is 1. The minimum atomic E-state index is -3.87. The number of ether oxygens (including phenoxy) is 1. The van der Waals surface area contributed by atoms with Crippen LogP contribution in [0.15, 0.2) is 68.8 Å². The molecule has 0 fully saturated rings. The number of hydrogen-bond acceptors (Lipinski definition) is 5. The van der Waals surface area contributed by atoms with E-state index in [0.717, 1.165) is 0 Å². The first kappa shape index (κ1) is 19.1. The lowest BCUT2D eigenvalue weighted by atomic mass is 10.1. The Labute approximate surface area is 164 Å². The first-order chi connectivity index (χ1) is 12.8. The van der Waals surface area contributed by atoms with Gasteiger partial charge in [0.05, 0.1) is 12.8 Å². The average molecular weight is 450 g/mol. The van der Waals surface area contributed by atoms with Gasteiger partial charge in [0, 0.05) is 28.8 Å². The van der Waals surface area contributed by atoms with Crippen molar-refractivity contribution in [2.24, 2.45) is 7.05 Å². The second-order valence-electron chi connectivity index (χ2n) is 5.66. The predicted octanol–water partition coefficient (Wildman–Crippen LogP) is 3.02. The smallest absolute Gasteiger partial charge is 0.266 e. The zero-order chi connectivity index (χ0) is 19.6. The summed E-state index contributed by atoms with van der Waals surface area (Å²) < 4.78 is 35.2. The highest BCUT2D eigenvalue weighted by Gasteiger charge is 2.20. The third-order valence-corrected chi connectivity index (χ3v) is 5.68. The highest BCUT2D eigenvalue weighted by molar-refractivity contribution is 9.10. The van der Waals surface area contributed by atoms with Crippen molar-refractivity contribution in [2.45, 2.75) is 4.90 Å². The van der Waals surface area contributed by atoms with Crippen LogP contribution < -0.4 is 15.0 Å². The Hall–Kier alpha value is -2.65. The second-order valence-corrected chi connectivity index (χ2v) is 8.23. The van der Waals surface area contributed by atoms with Crippen LogP contribution in [-0.4, -0.2) is 25.3 Å². The Morgan fingerprint density at radius 3 is 2.59 bits per heavy atom. The molecule has 0 unspecified atom stereocenters. The fraction of sp³-hybridized carbons (Fsp3) is 0.111. The maximum Gasteiger partial charge on any atom is 0.266 e. The molecule has 1 heterocycles. The zero-order valence-electron chi connectivity index (χ0n) is 14.5. The van der Waals surface area contributed by atoms with Crippen molar-refractivity contribution in [3.05, 3.63) is 69.4 Å². The molecule has 0 aliphatic carbocycles. The molecule has 0 radical (unpaired) electrons. The molecule has 9 heteroatoms. The quantitative estimate of drug-likeness (QED) is 0.646. The minimum Gasteiger partial charge on any atom is -0.495 e. The summed E-state index contributed by atoms with van der Waals surface area (Å²) >= 11 is 3.27. The molecule has 2 aromatic carbocycles. The van der Waals surface area contributed by atoms with E-state index in [2.05, 4.69) is 25.8 Å². The molecule has 3 aromatic rings. The predicted molar refractivity (Wildman–Crippen MR) is 106 cm³/mol. The molecule has 0 spiro atoms. The van der Waals surface area contributed by atoms with Gasteiger partial charge >= 0.3 is 0 Å². The molecular formula is C18H16BrN3O4S.